The molecule has 6 heteroatoms. The van der Waals surface area contributed by atoms with E-state index in [-0.39, 0.29) is 11.8 Å². The zero-order chi connectivity index (χ0) is 16.6. The topological polar surface area (TPSA) is 62.3 Å². The van der Waals surface area contributed by atoms with Gasteiger partial charge in [0.2, 0.25) is 0 Å². The Labute approximate surface area is 139 Å². The van der Waals surface area contributed by atoms with E-state index in [4.69, 9.17) is 0 Å². The van der Waals surface area contributed by atoms with Gasteiger partial charge in [-0.15, -0.1) is 0 Å². The molecule has 1 aromatic heterocycles. The SMILES string of the molecule is Cc1cccc(NC(=O)C2(C)Sc3ccccc3N(C)C2=O)n1. The highest BCUT2D eigenvalue weighted by Crippen LogP contribution is 2.45. The molecule has 2 amide bonds. The van der Waals surface area contributed by atoms with Crippen molar-refractivity contribution in [2.24, 2.45) is 0 Å². The summed E-state index contributed by atoms with van der Waals surface area (Å²) in [5.74, 6) is -0.163. The number of nitrogens with zero attached hydrogens (tertiary/aromatic N) is 2. The minimum atomic E-state index is -1.23. The number of rotatable bonds is 2. The maximum atomic E-state index is 12.7. The molecule has 1 aromatic carbocycles. The lowest BCUT2D eigenvalue weighted by molar-refractivity contribution is -0.128. The summed E-state index contributed by atoms with van der Waals surface area (Å²) in [7, 11) is 1.69. The molecule has 0 aliphatic carbocycles. The maximum absolute atomic E-state index is 12.7. The van der Waals surface area contributed by atoms with E-state index in [1.54, 1.807) is 20.0 Å². The Morgan fingerprint density at radius 1 is 1.22 bits per heavy atom. The molecule has 0 saturated heterocycles. The van der Waals surface area contributed by atoms with Crippen molar-refractivity contribution in [1.29, 1.82) is 0 Å². The molecule has 5 nitrogen and oxygen atoms in total. The second-order valence-corrected chi connectivity index (χ2v) is 7.05. The third-order valence-electron chi connectivity index (χ3n) is 3.82. The monoisotopic (exact) mass is 327 g/mol. The number of thioether (sulfide) groups is 1. The predicted molar refractivity (Wildman–Crippen MR) is 91.7 cm³/mol. The van der Waals surface area contributed by atoms with Crippen LogP contribution in [0.3, 0.4) is 0 Å². The van der Waals surface area contributed by atoms with Gasteiger partial charge in [-0.1, -0.05) is 30.0 Å². The Morgan fingerprint density at radius 2 is 1.96 bits per heavy atom. The number of fused-ring (bicyclic) bond motifs is 1. The fourth-order valence-electron chi connectivity index (χ4n) is 2.51. The average molecular weight is 327 g/mol. The number of carbonyl (C=O) groups is 2. The fraction of sp³-hybridized carbons (Fsp3) is 0.235. The van der Waals surface area contributed by atoms with Gasteiger partial charge < -0.3 is 10.2 Å². The lowest BCUT2D eigenvalue weighted by Crippen LogP contribution is -2.53. The lowest BCUT2D eigenvalue weighted by Gasteiger charge is -2.36. The zero-order valence-electron chi connectivity index (χ0n) is 13.2. The molecule has 1 aliphatic rings. The van der Waals surface area contributed by atoms with E-state index in [0.717, 1.165) is 16.3 Å². The summed E-state index contributed by atoms with van der Waals surface area (Å²) in [6, 6.07) is 12.9. The van der Waals surface area contributed by atoms with Crippen LogP contribution in [0.4, 0.5) is 11.5 Å². The summed E-state index contributed by atoms with van der Waals surface area (Å²) in [6.45, 7) is 3.50. The van der Waals surface area contributed by atoms with Crippen molar-refractivity contribution in [1.82, 2.24) is 4.98 Å². The Kier molecular flexibility index (Phi) is 3.85. The molecule has 3 rings (SSSR count). The van der Waals surface area contributed by atoms with Crippen molar-refractivity contribution < 1.29 is 9.59 Å². The van der Waals surface area contributed by atoms with Crippen LogP contribution in [-0.4, -0.2) is 28.6 Å². The molecule has 1 aliphatic heterocycles. The molecule has 0 bridgehead atoms. The summed E-state index contributed by atoms with van der Waals surface area (Å²) in [6.07, 6.45) is 0. The van der Waals surface area contributed by atoms with E-state index in [9.17, 15) is 9.59 Å². The van der Waals surface area contributed by atoms with Crippen molar-refractivity contribution in [3.63, 3.8) is 0 Å². The van der Waals surface area contributed by atoms with Crippen LogP contribution in [0, 0.1) is 6.92 Å². The number of para-hydroxylation sites is 1. The largest absolute Gasteiger partial charge is 0.313 e. The first kappa shape index (κ1) is 15.6. The summed E-state index contributed by atoms with van der Waals surface area (Å²) in [4.78, 5) is 32.2. The lowest BCUT2D eigenvalue weighted by atomic mass is 10.1. The van der Waals surface area contributed by atoms with E-state index in [0.29, 0.717) is 5.82 Å². The van der Waals surface area contributed by atoms with Crippen LogP contribution >= 0.6 is 11.8 Å². The van der Waals surface area contributed by atoms with Crippen LogP contribution in [0.5, 0.6) is 0 Å². The molecule has 0 spiro atoms. The van der Waals surface area contributed by atoms with Crippen molar-refractivity contribution >= 4 is 35.1 Å². The number of pyridine rings is 1. The van der Waals surface area contributed by atoms with E-state index in [1.165, 1.54) is 16.7 Å². The number of benzene rings is 1. The normalized spacial score (nSPS) is 20.1. The van der Waals surface area contributed by atoms with Gasteiger partial charge in [0.15, 0.2) is 4.75 Å². The highest BCUT2D eigenvalue weighted by atomic mass is 32.2. The molecule has 2 heterocycles. The first-order chi connectivity index (χ1) is 10.9. The molecule has 1 unspecified atom stereocenters. The van der Waals surface area contributed by atoms with Crippen molar-refractivity contribution in [3.05, 3.63) is 48.2 Å². The first-order valence-corrected chi connectivity index (χ1v) is 8.05. The van der Waals surface area contributed by atoms with E-state index < -0.39 is 4.75 Å². The Bertz CT molecular complexity index is 793. The highest BCUT2D eigenvalue weighted by Gasteiger charge is 2.48. The Balaban J connectivity index is 1.92. The van der Waals surface area contributed by atoms with Crippen LogP contribution in [0.1, 0.15) is 12.6 Å². The van der Waals surface area contributed by atoms with Crippen LogP contribution in [0.2, 0.25) is 0 Å². The number of carbonyl (C=O) groups excluding carboxylic acids is 2. The third-order valence-corrected chi connectivity index (χ3v) is 5.15. The number of aryl methyl sites for hydroxylation is 1. The molecule has 0 radical (unpaired) electrons. The van der Waals surface area contributed by atoms with Gasteiger partial charge in [-0.05, 0) is 38.1 Å². The van der Waals surface area contributed by atoms with Crippen LogP contribution in [0.25, 0.3) is 0 Å². The number of hydrogen-bond acceptors (Lipinski definition) is 4. The summed E-state index contributed by atoms with van der Waals surface area (Å²) in [5, 5.41) is 2.76. The van der Waals surface area contributed by atoms with E-state index >= 15 is 0 Å². The predicted octanol–water partition coefficient (Wildman–Crippen LogP) is 2.86. The van der Waals surface area contributed by atoms with E-state index in [2.05, 4.69) is 10.3 Å². The van der Waals surface area contributed by atoms with Gasteiger partial charge in [-0.3, -0.25) is 9.59 Å². The number of anilines is 2. The fourth-order valence-corrected chi connectivity index (χ4v) is 3.77. The van der Waals surface area contributed by atoms with Gasteiger partial charge in [0.1, 0.15) is 5.82 Å². The molecule has 1 N–H and O–H groups in total. The van der Waals surface area contributed by atoms with Gasteiger partial charge in [0.05, 0.1) is 5.69 Å². The molecule has 2 aromatic rings. The van der Waals surface area contributed by atoms with Crippen LogP contribution in [0.15, 0.2) is 47.4 Å². The van der Waals surface area contributed by atoms with Crippen molar-refractivity contribution in [2.45, 2.75) is 23.5 Å². The number of amides is 2. The number of aromatic nitrogens is 1. The van der Waals surface area contributed by atoms with Crippen LogP contribution < -0.4 is 10.2 Å². The third kappa shape index (κ3) is 2.70. The summed E-state index contributed by atoms with van der Waals surface area (Å²) < 4.78 is -1.23. The van der Waals surface area contributed by atoms with Crippen LogP contribution in [-0.2, 0) is 9.59 Å². The molecular formula is C17H17N3O2S. The van der Waals surface area contributed by atoms with E-state index in [1.807, 2.05) is 43.3 Å². The molecule has 23 heavy (non-hydrogen) atoms. The smallest absolute Gasteiger partial charge is 0.252 e. The number of hydrogen-bond donors (Lipinski definition) is 1. The summed E-state index contributed by atoms with van der Waals surface area (Å²) in [5.41, 5.74) is 1.62. The van der Waals surface area contributed by atoms with Gasteiger partial charge in [-0.25, -0.2) is 4.98 Å². The van der Waals surface area contributed by atoms with Gasteiger partial charge >= 0.3 is 0 Å². The zero-order valence-corrected chi connectivity index (χ0v) is 14.0. The Hall–Kier alpha value is -2.34. The van der Waals surface area contributed by atoms with Crippen molar-refractivity contribution in [2.75, 3.05) is 17.3 Å². The maximum Gasteiger partial charge on any atom is 0.252 e. The molecule has 0 fully saturated rings. The minimum absolute atomic E-state index is 0.244. The minimum Gasteiger partial charge on any atom is -0.313 e. The van der Waals surface area contributed by atoms with Crippen molar-refractivity contribution in [3.8, 4) is 0 Å². The molecular weight excluding hydrogens is 310 g/mol. The van der Waals surface area contributed by atoms with Gasteiger partial charge in [0.25, 0.3) is 11.8 Å². The van der Waals surface area contributed by atoms with Gasteiger partial charge in [0, 0.05) is 17.6 Å². The Morgan fingerprint density at radius 3 is 2.70 bits per heavy atom. The standard InChI is InChI=1S/C17H17N3O2S/c1-11-7-6-10-14(18-11)19-15(21)17(2)16(22)20(3)12-8-4-5-9-13(12)23-17/h4-10H,1-3H3,(H,18,19,21). The highest BCUT2D eigenvalue weighted by molar-refractivity contribution is 8.02. The second-order valence-electron chi connectivity index (χ2n) is 5.59. The quantitative estimate of drug-likeness (QED) is 0.862. The average Bonchev–Trinajstić information content (AvgIpc) is 2.53. The molecule has 0 saturated carbocycles. The summed E-state index contributed by atoms with van der Waals surface area (Å²) >= 11 is 1.27. The van der Waals surface area contributed by atoms with Gasteiger partial charge in [-0.2, -0.15) is 0 Å². The number of nitrogens with one attached hydrogen (secondary N) is 1. The molecule has 1 atom stereocenters. The first-order valence-electron chi connectivity index (χ1n) is 7.23. The second kappa shape index (κ2) is 5.70. The molecule has 118 valence electrons.